The zero-order valence-corrected chi connectivity index (χ0v) is 20.3. The van der Waals surface area contributed by atoms with Crippen LogP contribution < -0.4 is 16.2 Å². The molecule has 1 aliphatic carbocycles. The van der Waals surface area contributed by atoms with Crippen molar-refractivity contribution >= 4 is 57.3 Å². The highest BCUT2D eigenvalue weighted by Gasteiger charge is 2.28. The van der Waals surface area contributed by atoms with Gasteiger partial charge in [-0.1, -0.05) is 36.8 Å². The standard InChI is InChI=1S/C22H27N3O3S3/c1-13-4-7-15(8-5-13)11-30-12-18(26)24-25-22(29)23-20-19(21(27)28-3)16-9-6-14(2)10-17(16)31-20/h4-5,7-8,14H,6,9-12H2,1-3H3,(H,24,26)(H2,23,25,29)/t14-/m0/s1. The van der Waals surface area contributed by atoms with Crippen molar-refractivity contribution in [2.45, 2.75) is 38.9 Å². The fourth-order valence-electron chi connectivity index (χ4n) is 3.40. The third-order valence-electron chi connectivity index (χ3n) is 5.07. The molecule has 1 aromatic carbocycles. The fourth-order valence-corrected chi connectivity index (χ4v) is 5.81. The van der Waals surface area contributed by atoms with Crippen LogP contribution in [0.15, 0.2) is 24.3 Å². The van der Waals surface area contributed by atoms with E-state index < -0.39 is 0 Å². The third kappa shape index (κ3) is 6.44. The summed E-state index contributed by atoms with van der Waals surface area (Å²) in [4.78, 5) is 25.7. The number of benzene rings is 1. The minimum absolute atomic E-state index is 0.172. The average molecular weight is 478 g/mol. The maximum Gasteiger partial charge on any atom is 0.341 e. The monoisotopic (exact) mass is 477 g/mol. The molecule has 2 aromatic rings. The highest BCUT2D eigenvalue weighted by Crippen LogP contribution is 2.39. The molecular formula is C22H27N3O3S3. The Morgan fingerprint density at radius 3 is 2.71 bits per heavy atom. The van der Waals surface area contributed by atoms with Crippen LogP contribution in [-0.2, 0) is 28.1 Å². The zero-order valence-electron chi connectivity index (χ0n) is 17.9. The number of hydrazine groups is 1. The molecule has 9 heteroatoms. The first-order chi connectivity index (χ1) is 14.9. The topological polar surface area (TPSA) is 79.5 Å². The van der Waals surface area contributed by atoms with E-state index in [-0.39, 0.29) is 17.0 Å². The number of thiocarbonyl (C=S) groups is 1. The van der Waals surface area contributed by atoms with Crippen LogP contribution in [-0.4, -0.2) is 29.9 Å². The van der Waals surface area contributed by atoms with Gasteiger partial charge in [0.2, 0.25) is 5.91 Å². The number of hydrogen-bond donors (Lipinski definition) is 3. The zero-order chi connectivity index (χ0) is 22.4. The lowest BCUT2D eigenvalue weighted by Crippen LogP contribution is -2.44. The Hall–Kier alpha value is -2.10. The number of esters is 1. The van der Waals surface area contributed by atoms with Crippen molar-refractivity contribution in [2.24, 2.45) is 5.92 Å². The van der Waals surface area contributed by atoms with Gasteiger partial charge in [0.05, 0.1) is 18.4 Å². The smallest absolute Gasteiger partial charge is 0.341 e. The maximum atomic E-state index is 12.4. The summed E-state index contributed by atoms with van der Waals surface area (Å²) < 4.78 is 4.99. The van der Waals surface area contributed by atoms with Gasteiger partial charge in [-0.25, -0.2) is 4.79 Å². The van der Waals surface area contributed by atoms with E-state index in [0.717, 1.165) is 30.6 Å². The number of carbonyl (C=O) groups excluding carboxylic acids is 2. The van der Waals surface area contributed by atoms with E-state index in [0.29, 0.717) is 22.2 Å². The lowest BCUT2D eigenvalue weighted by molar-refractivity contribution is -0.119. The molecule has 6 nitrogen and oxygen atoms in total. The summed E-state index contributed by atoms with van der Waals surface area (Å²) in [7, 11) is 1.38. The van der Waals surface area contributed by atoms with E-state index in [1.165, 1.54) is 46.2 Å². The summed E-state index contributed by atoms with van der Waals surface area (Å²) in [5.74, 6) is 1.12. The Labute approximate surface area is 196 Å². The van der Waals surface area contributed by atoms with E-state index in [2.05, 4.69) is 47.4 Å². The predicted octanol–water partition coefficient (Wildman–Crippen LogP) is 4.22. The van der Waals surface area contributed by atoms with Crippen LogP contribution in [0.1, 0.15) is 45.3 Å². The number of methoxy groups -OCH3 is 1. The van der Waals surface area contributed by atoms with Crippen LogP contribution in [0.2, 0.25) is 0 Å². The van der Waals surface area contributed by atoms with E-state index in [1.807, 2.05) is 6.92 Å². The first kappa shape index (κ1) is 23.6. The fraction of sp³-hybridized carbons (Fsp3) is 0.409. The third-order valence-corrected chi connectivity index (χ3v) is 7.44. The van der Waals surface area contributed by atoms with Gasteiger partial charge >= 0.3 is 5.97 Å². The Bertz CT molecular complexity index is 957. The molecule has 31 heavy (non-hydrogen) atoms. The van der Waals surface area contributed by atoms with E-state index in [1.54, 1.807) is 0 Å². The second-order valence-electron chi connectivity index (χ2n) is 7.65. The molecule has 0 saturated carbocycles. The molecule has 0 spiro atoms. The number of thiophene rings is 1. The van der Waals surface area contributed by atoms with E-state index >= 15 is 0 Å². The SMILES string of the molecule is COC(=O)c1c(NC(=S)NNC(=O)CSCc2ccc(C)cc2)sc2c1CC[C@H](C)C2. The molecule has 1 aliphatic rings. The van der Waals surface area contributed by atoms with Gasteiger partial charge in [0.15, 0.2) is 5.11 Å². The molecule has 1 atom stereocenters. The molecule has 0 saturated heterocycles. The molecule has 0 radical (unpaired) electrons. The van der Waals surface area contributed by atoms with E-state index in [9.17, 15) is 9.59 Å². The highest BCUT2D eigenvalue weighted by atomic mass is 32.2. The number of aryl methyl sites for hydroxylation is 1. The number of fused-ring (bicyclic) bond motifs is 1. The molecular weight excluding hydrogens is 450 g/mol. The maximum absolute atomic E-state index is 12.4. The number of hydrogen-bond acceptors (Lipinski definition) is 6. The number of anilines is 1. The summed E-state index contributed by atoms with van der Waals surface area (Å²) >= 11 is 8.37. The van der Waals surface area contributed by atoms with Gasteiger partial charge in [0.25, 0.3) is 0 Å². The van der Waals surface area contributed by atoms with Crippen LogP contribution in [0.4, 0.5) is 5.00 Å². The van der Waals surface area contributed by atoms with Gasteiger partial charge in [0, 0.05) is 10.6 Å². The van der Waals surface area contributed by atoms with Crippen molar-refractivity contribution in [2.75, 3.05) is 18.2 Å². The van der Waals surface area contributed by atoms with Gasteiger partial charge in [-0.05, 0) is 55.4 Å². The van der Waals surface area contributed by atoms with Gasteiger partial charge in [-0.2, -0.15) is 0 Å². The first-order valence-corrected chi connectivity index (χ1v) is 12.5. The van der Waals surface area contributed by atoms with Gasteiger partial charge in [0.1, 0.15) is 5.00 Å². The predicted molar refractivity (Wildman–Crippen MR) is 132 cm³/mol. The molecule has 0 fully saturated rings. The van der Waals surface area contributed by atoms with E-state index in [4.69, 9.17) is 17.0 Å². The average Bonchev–Trinajstić information content (AvgIpc) is 3.09. The molecule has 0 bridgehead atoms. The Balaban J connectivity index is 1.50. The van der Waals surface area contributed by atoms with Crippen molar-refractivity contribution in [3.63, 3.8) is 0 Å². The first-order valence-electron chi connectivity index (χ1n) is 10.1. The van der Waals surface area contributed by atoms with Gasteiger partial charge in [-0.15, -0.1) is 23.1 Å². The second-order valence-corrected chi connectivity index (χ2v) is 10.2. The van der Waals surface area contributed by atoms with Crippen LogP contribution in [0, 0.1) is 12.8 Å². The number of nitrogens with one attached hydrogen (secondary N) is 3. The number of carbonyl (C=O) groups is 2. The van der Waals surface area contributed by atoms with Crippen molar-refractivity contribution in [1.29, 1.82) is 0 Å². The molecule has 1 heterocycles. The van der Waals surface area contributed by atoms with Gasteiger partial charge in [-0.3, -0.25) is 15.6 Å². The number of rotatable bonds is 6. The molecule has 1 aromatic heterocycles. The number of amides is 1. The quantitative estimate of drug-likeness (QED) is 0.327. The van der Waals surface area contributed by atoms with Crippen molar-refractivity contribution in [3.8, 4) is 0 Å². The van der Waals surface area contributed by atoms with Crippen molar-refractivity contribution in [1.82, 2.24) is 10.9 Å². The highest BCUT2D eigenvalue weighted by molar-refractivity contribution is 7.99. The van der Waals surface area contributed by atoms with Crippen molar-refractivity contribution < 1.29 is 14.3 Å². The van der Waals surface area contributed by atoms with Gasteiger partial charge < -0.3 is 10.1 Å². The summed E-state index contributed by atoms with van der Waals surface area (Å²) in [5.41, 5.74) is 9.33. The molecule has 0 unspecified atom stereocenters. The molecule has 0 aliphatic heterocycles. The molecule has 3 N–H and O–H groups in total. The lowest BCUT2D eigenvalue weighted by Gasteiger charge is -2.18. The van der Waals surface area contributed by atoms with Crippen LogP contribution in [0.25, 0.3) is 0 Å². The normalized spacial score (nSPS) is 15.0. The minimum atomic E-state index is -0.367. The summed E-state index contributed by atoms with van der Waals surface area (Å²) in [6, 6.07) is 8.26. The van der Waals surface area contributed by atoms with Crippen molar-refractivity contribution in [3.05, 3.63) is 51.4 Å². The van der Waals surface area contributed by atoms with Crippen LogP contribution >= 0.6 is 35.3 Å². The largest absolute Gasteiger partial charge is 0.465 e. The minimum Gasteiger partial charge on any atom is -0.465 e. The summed E-state index contributed by atoms with van der Waals surface area (Å²) in [5, 5.41) is 3.95. The Kier molecular flexibility index (Phi) is 8.34. The molecule has 166 valence electrons. The summed E-state index contributed by atoms with van der Waals surface area (Å²) in [6.07, 6.45) is 2.85. The summed E-state index contributed by atoms with van der Waals surface area (Å²) in [6.45, 7) is 4.26. The second kappa shape index (κ2) is 11.0. The van der Waals surface area contributed by atoms with Crippen LogP contribution in [0.3, 0.4) is 0 Å². The number of ether oxygens (including phenoxy) is 1. The molecule has 3 rings (SSSR count). The molecule has 1 amide bonds. The van der Waals surface area contributed by atoms with Crippen LogP contribution in [0.5, 0.6) is 0 Å². The number of thioether (sulfide) groups is 1. The lowest BCUT2D eigenvalue weighted by atomic mass is 9.88. The Morgan fingerprint density at radius 1 is 1.26 bits per heavy atom. The Morgan fingerprint density at radius 2 is 2.00 bits per heavy atom.